The molecule has 2 aromatic carbocycles. The summed E-state index contributed by atoms with van der Waals surface area (Å²) in [5.74, 6) is -3.30. The van der Waals surface area contributed by atoms with E-state index in [2.05, 4.69) is 5.32 Å². The molecule has 0 aliphatic heterocycles. The molecule has 2 rings (SSSR count). The molecule has 1 atom stereocenters. The van der Waals surface area contributed by atoms with Gasteiger partial charge in [0, 0.05) is 11.4 Å². The number of carboxylic acid groups (broad SMARTS) is 2. The summed E-state index contributed by atoms with van der Waals surface area (Å²) in [5.41, 5.74) is 2.21. The zero-order valence-corrected chi connectivity index (χ0v) is 11.2. The number of para-hydroxylation sites is 1. The molecule has 0 bridgehead atoms. The van der Waals surface area contributed by atoms with Gasteiger partial charge < -0.3 is 15.5 Å². The SMILES string of the molecule is O=C(O)CC(C(=O)O)c1ccc(Nc2ccccc2)cc1. The number of benzene rings is 2. The molecule has 108 valence electrons. The fraction of sp³-hybridized carbons (Fsp3) is 0.125. The monoisotopic (exact) mass is 285 g/mol. The molecule has 0 saturated heterocycles. The van der Waals surface area contributed by atoms with Crippen LogP contribution in [0.2, 0.25) is 0 Å². The van der Waals surface area contributed by atoms with Crippen LogP contribution in [0.25, 0.3) is 0 Å². The highest BCUT2D eigenvalue weighted by atomic mass is 16.4. The van der Waals surface area contributed by atoms with Crippen LogP contribution in [0.15, 0.2) is 54.6 Å². The zero-order valence-electron chi connectivity index (χ0n) is 11.2. The van der Waals surface area contributed by atoms with Crippen molar-refractivity contribution in [1.29, 1.82) is 0 Å². The third kappa shape index (κ3) is 4.07. The normalized spacial score (nSPS) is 11.6. The van der Waals surface area contributed by atoms with Crippen molar-refractivity contribution in [3.8, 4) is 0 Å². The number of rotatable bonds is 6. The van der Waals surface area contributed by atoms with Crippen LogP contribution in [-0.4, -0.2) is 22.2 Å². The van der Waals surface area contributed by atoms with E-state index < -0.39 is 24.3 Å². The molecule has 0 heterocycles. The van der Waals surface area contributed by atoms with Crippen LogP contribution in [0.1, 0.15) is 17.9 Å². The van der Waals surface area contributed by atoms with E-state index >= 15 is 0 Å². The lowest BCUT2D eigenvalue weighted by molar-refractivity contribution is -0.145. The van der Waals surface area contributed by atoms with Gasteiger partial charge in [-0.25, -0.2) is 0 Å². The number of aliphatic carboxylic acids is 2. The summed E-state index contributed by atoms with van der Waals surface area (Å²) < 4.78 is 0. The number of carbonyl (C=O) groups is 2. The molecule has 0 aromatic heterocycles. The van der Waals surface area contributed by atoms with Gasteiger partial charge in [0.25, 0.3) is 0 Å². The van der Waals surface area contributed by atoms with Crippen molar-refractivity contribution in [3.05, 3.63) is 60.2 Å². The van der Waals surface area contributed by atoms with Gasteiger partial charge in [-0.2, -0.15) is 0 Å². The molecule has 2 aromatic rings. The molecule has 1 unspecified atom stereocenters. The largest absolute Gasteiger partial charge is 0.481 e. The Balaban J connectivity index is 2.14. The van der Waals surface area contributed by atoms with Gasteiger partial charge >= 0.3 is 11.9 Å². The minimum absolute atomic E-state index is 0.430. The van der Waals surface area contributed by atoms with Crippen LogP contribution in [0.4, 0.5) is 11.4 Å². The molecule has 0 radical (unpaired) electrons. The van der Waals surface area contributed by atoms with Crippen LogP contribution in [-0.2, 0) is 9.59 Å². The maximum absolute atomic E-state index is 11.1. The van der Waals surface area contributed by atoms with Crippen molar-refractivity contribution >= 4 is 23.3 Å². The van der Waals surface area contributed by atoms with E-state index in [1.54, 1.807) is 24.3 Å². The number of anilines is 2. The van der Waals surface area contributed by atoms with Gasteiger partial charge in [-0.05, 0) is 29.8 Å². The minimum atomic E-state index is -1.14. The fourth-order valence-electron chi connectivity index (χ4n) is 2.01. The summed E-state index contributed by atoms with van der Waals surface area (Å²) in [6.07, 6.45) is -0.430. The third-order valence-electron chi connectivity index (χ3n) is 3.05. The molecule has 0 amide bonds. The fourth-order valence-corrected chi connectivity index (χ4v) is 2.01. The average molecular weight is 285 g/mol. The lowest BCUT2D eigenvalue weighted by atomic mass is 9.96. The summed E-state index contributed by atoms with van der Waals surface area (Å²) in [5, 5.41) is 21.0. The van der Waals surface area contributed by atoms with Crippen molar-refractivity contribution in [2.75, 3.05) is 5.32 Å². The van der Waals surface area contributed by atoms with Gasteiger partial charge in [0.1, 0.15) is 0 Å². The van der Waals surface area contributed by atoms with E-state index in [1.807, 2.05) is 30.3 Å². The lowest BCUT2D eigenvalue weighted by Crippen LogP contribution is -2.15. The maximum atomic E-state index is 11.1. The summed E-state index contributed by atoms with van der Waals surface area (Å²) in [6.45, 7) is 0. The Bertz CT molecular complexity index is 622. The van der Waals surface area contributed by atoms with E-state index in [0.717, 1.165) is 11.4 Å². The van der Waals surface area contributed by atoms with E-state index in [-0.39, 0.29) is 0 Å². The Hall–Kier alpha value is -2.82. The standard InChI is InChI=1S/C16H15NO4/c18-15(19)10-14(16(20)21)11-6-8-13(9-7-11)17-12-4-2-1-3-5-12/h1-9,14,17H,10H2,(H,18,19)(H,20,21). The summed E-state index contributed by atoms with van der Waals surface area (Å²) in [6, 6.07) is 16.3. The molecule has 5 heteroatoms. The molecule has 21 heavy (non-hydrogen) atoms. The quantitative estimate of drug-likeness (QED) is 0.759. The van der Waals surface area contributed by atoms with Gasteiger partial charge in [-0.3, -0.25) is 9.59 Å². The Morgan fingerprint density at radius 3 is 2.00 bits per heavy atom. The number of hydrogen-bond acceptors (Lipinski definition) is 3. The maximum Gasteiger partial charge on any atom is 0.311 e. The first-order valence-corrected chi connectivity index (χ1v) is 6.43. The molecule has 5 nitrogen and oxygen atoms in total. The van der Waals surface area contributed by atoms with Gasteiger partial charge in [-0.15, -0.1) is 0 Å². The summed E-state index contributed by atoms with van der Waals surface area (Å²) >= 11 is 0. The van der Waals surface area contributed by atoms with Gasteiger partial charge in [0.05, 0.1) is 12.3 Å². The van der Waals surface area contributed by atoms with Crippen LogP contribution in [0.5, 0.6) is 0 Å². The van der Waals surface area contributed by atoms with Crippen molar-refractivity contribution in [2.24, 2.45) is 0 Å². The van der Waals surface area contributed by atoms with E-state index in [0.29, 0.717) is 5.56 Å². The van der Waals surface area contributed by atoms with Gasteiger partial charge in [-0.1, -0.05) is 30.3 Å². The number of carboxylic acids is 2. The minimum Gasteiger partial charge on any atom is -0.481 e. The topological polar surface area (TPSA) is 86.6 Å². The highest BCUT2D eigenvalue weighted by Crippen LogP contribution is 2.23. The predicted octanol–water partition coefficient (Wildman–Crippen LogP) is 3.07. The third-order valence-corrected chi connectivity index (χ3v) is 3.05. The molecule has 0 aliphatic rings. The smallest absolute Gasteiger partial charge is 0.311 e. The van der Waals surface area contributed by atoms with Gasteiger partial charge in [0.15, 0.2) is 0 Å². The first-order chi connectivity index (χ1) is 10.1. The average Bonchev–Trinajstić information content (AvgIpc) is 2.46. The first kappa shape index (κ1) is 14.6. The Labute approximate surface area is 121 Å². The second-order valence-corrected chi connectivity index (χ2v) is 4.60. The zero-order chi connectivity index (χ0) is 15.2. The lowest BCUT2D eigenvalue weighted by Gasteiger charge is -2.12. The van der Waals surface area contributed by atoms with Crippen molar-refractivity contribution in [1.82, 2.24) is 0 Å². The number of nitrogens with one attached hydrogen (secondary N) is 1. The Morgan fingerprint density at radius 1 is 0.905 bits per heavy atom. The van der Waals surface area contributed by atoms with Crippen molar-refractivity contribution in [3.63, 3.8) is 0 Å². The highest BCUT2D eigenvalue weighted by Gasteiger charge is 2.22. The molecular formula is C16H15NO4. The van der Waals surface area contributed by atoms with Crippen LogP contribution in [0, 0.1) is 0 Å². The molecule has 0 fully saturated rings. The second-order valence-electron chi connectivity index (χ2n) is 4.60. The van der Waals surface area contributed by atoms with E-state index in [1.165, 1.54) is 0 Å². The van der Waals surface area contributed by atoms with E-state index in [4.69, 9.17) is 10.2 Å². The Morgan fingerprint density at radius 2 is 1.48 bits per heavy atom. The molecule has 3 N–H and O–H groups in total. The molecule has 0 spiro atoms. The van der Waals surface area contributed by atoms with Crippen molar-refractivity contribution in [2.45, 2.75) is 12.3 Å². The highest BCUT2D eigenvalue weighted by molar-refractivity contribution is 5.82. The van der Waals surface area contributed by atoms with Crippen LogP contribution >= 0.6 is 0 Å². The Kier molecular flexibility index (Phi) is 4.56. The number of hydrogen-bond donors (Lipinski definition) is 3. The molecular weight excluding hydrogens is 270 g/mol. The summed E-state index contributed by atoms with van der Waals surface area (Å²) in [4.78, 5) is 21.9. The van der Waals surface area contributed by atoms with Crippen molar-refractivity contribution < 1.29 is 19.8 Å². The predicted molar refractivity (Wildman–Crippen MR) is 78.8 cm³/mol. The molecule has 0 aliphatic carbocycles. The second kappa shape index (κ2) is 6.56. The molecule has 0 saturated carbocycles. The summed E-state index contributed by atoms with van der Waals surface area (Å²) in [7, 11) is 0. The van der Waals surface area contributed by atoms with Crippen LogP contribution in [0.3, 0.4) is 0 Å². The first-order valence-electron chi connectivity index (χ1n) is 6.43. The van der Waals surface area contributed by atoms with Gasteiger partial charge in [0.2, 0.25) is 0 Å². The van der Waals surface area contributed by atoms with E-state index in [9.17, 15) is 9.59 Å². The van der Waals surface area contributed by atoms with Crippen LogP contribution < -0.4 is 5.32 Å².